The molecular formula is C22H24ClN3O2. The molecule has 0 fully saturated rings. The third-order valence-corrected chi connectivity index (χ3v) is 5.28. The highest BCUT2D eigenvalue weighted by Crippen LogP contribution is 2.30. The van der Waals surface area contributed by atoms with E-state index in [0.29, 0.717) is 12.1 Å². The number of halogens is 1. The van der Waals surface area contributed by atoms with E-state index >= 15 is 0 Å². The number of benzene rings is 1. The van der Waals surface area contributed by atoms with E-state index in [2.05, 4.69) is 48.4 Å². The smallest absolute Gasteiger partial charge is 0.267 e. The number of carbonyl (C=O) groups excluding carboxylic acids is 1. The first-order chi connectivity index (χ1) is 13.1. The quantitative estimate of drug-likeness (QED) is 0.808. The van der Waals surface area contributed by atoms with Crippen molar-refractivity contribution in [3.63, 3.8) is 0 Å². The van der Waals surface area contributed by atoms with Crippen LogP contribution < -0.4 is 11.0 Å². The van der Waals surface area contributed by atoms with Gasteiger partial charge in [-0.15, -0.1) is 0 Å². The number of pyridine rings is 1. The fourth-order valence-corrected chi connectivity index (χ4v) is 3.14. The molecule has 5 nitrogen and oxygen atoms in total. The van der Waals surface area contributed by atoms with Crippen molar-refractivity contribution in [2.24, 2.45) is 10.5 Å². The van der Waals surface area contributed by atoms with Crippen molar-refractivity contribution in [2.75, 3.05) is 0 Å². The monoisotopic (exact) mass is 397 g/mol. The Bertz CT molecular complexity index is 1010. The van der Waals surface area contributed by atoms with Gasteiger partial charge in [-0.1, -0.05) is 62.7 Å². The van der Waals surface area contributed by atoms with E-state index in [1.165, 1.54) is 5.56 Å². The summed E-state index contributed by atoms with van der Waals surface area (Å²) < 4.78 is 0. The van der Waals surface area contributed by atoms with Gasteiger partial charge in [0.2, 0.25) is 0 Å². The van der Waals surface area contributed by atoms with Gasteiger partial charge >= 0.3 is 0 Å². The molecule has 1 aromatic heterocycles. The van der Waals surface area contributed by atoms with Gasteiger partial charge in [0.05, 0.1) is 5.41 Å². The number of nitrogens with one attached hydrogen (secondary N) is 2. The third-order valence-electron chi connectivity index (χ3n) is 4.98. The lowest BCUT2D eigenvalue weighted by Crippen LogP contribution is -2.30. The van der Waals surface area contributed by atoms with Gasteiger partial charge in [0.15, 0.2) is 0 Å². The van der Waals surface area contributed by atoms with Crippen molar-refractivity contribution in [3.8, 4) is 0 Å². The molecule has 0 aliphatic carbocycles. The molecule has 2 N–H and O–H groups in total. The molecule has 3 rings (SSSR count). The Labute approximate surface area is 169 Å². The summed E-state index contributed by atoms with van der Waals surface area (Å²) in [6, 6.07) is 11.6. The van der Waals surface area contributed by atoms with Crippen molar-refractivity contribution in [2.45, 2.75) is 39.5 Å². The Kier molecular flexibility index (Phi) is 5.31. The molecule has 0 spiro atoms. The molecule has 1 unspecified atom stereocenters. The second-order valence-corrected chi connectivity index (χ2v) is 8.72. The van der Waals surface area contributed by atoms with Crippen LogP contribution in [0.4, 0.5) is 0 Å². The van der Waals surface area contributed by atoms with Gasteiger partial charge in [-0.25, -0.2) is 5.43 Å². The molecule has 1 amide bonds. The van der Waals surface area contributed by atoms with Crippen molar-refractivity contribution >= 4 is 29.3 Å². The SMILES string of the molecule is CC1(C/C=C(\c2ccc(C(C)(C)C)cc2)c2ccc(Cl)c(=O)[nH]2)C=NNC1=O. The first-order valence-corrected chi connectivity index (χ1v) is 9.53. The van der Waals surface area contributed by atoms with E-state index in [4.69, 9.17) is 11.6 Å². The maximum absolute atomic E-state index is 12.1. The number of amides is 1. The number of allylic oxidation sites excluding steroid dienone is 1. The van der Waals surface area contributed by atoms with Crippen LogP contribution in [-0.2, 0) is 10.2 Å². The van der Waals surface area contributed by atoms with E-state index in [0.717, 1.165) is 11.1 Å². The lowest BCUT2D eigenvalue weighted by atomic mass is 9.84. The number of hydrazone groups is 1. The predicted molar refractivity (Wildman–Crippen MR) is 114 cm³/mol. The second kappa shape index (κ2) is 7.40. The first kappa shape index (κ1) is 20.1. The van der Waals surface area contributed by atoms with Crippen molar-refractivity contribution < 1.29 is 4.79 Å². The number of hydrogen-bond donors (Lipinski definition) is 2. The Balaban J connectivity index is 2.05. The Morgan fingerprint density at radius 1 is 1.14 bits per heavy atom. The molecule has 6 heteroatoms. The highest BCUT2D eigenvalue weighted by atomic mass is 35.5. The number of H-pyrrole nitrogens is 1. The highest BCUT2D eigenvalue weighted by molar-refractivity contribution is 6.30. The molecule has 1 aliphatic rings. The van der Waals surface area contributed by atoms with Gasteiger partial charge in [-0.3, -0.25) is 9.59 Å². The van der Waals surface area contributed by atoms with E-state index in [1.807, 2.05) is 25.1 Å². The molecule has 1 aliphatic heterocycles. The Morgan fingerprint density at radius 2 is 1.82 bits per heavy atom. The Hall–Kier alpha value is -2.66. The van der Waals surface area contributed by atoms with Gasteiger partial charge in [0, 0.05) is 17.5 Å². The van der Waals surface area contributed by atoms with Gasteiger partial charge in [0.25, 0.3) is 11.5 Å². The fraction of sp³-hybridized carbons (Fsp3) is 0.318. The molecule has 0 saturated carbocycles. The maximum Gasteiger partial charge on any atom is 0.267 e. The summed E-state index contributed by atoms with van der Waals surface area (Å²) in [7, 11) is 0. The average Bonchev–Trinajstić information content (AvgIpc) is 2.97. The molecule has 0 bridgehead atoms. The summed E-state index contributed by atoms with van der Waals surface area (Å²) in [4.78, 5) is 27.0. The van der Waals surface area contributed by atoms with E-state index in [1.54, 1.807) is 18.3 Å². The zero-order valence-corrected chi connectivity index (χ0v) is 17.2. The standard InChI is InChI=1S/C22H24ClN3O2/c1-21(2,3)15-7-5-14(6-8-15)16(18-10-9-17(23)19(27)25-18)11-12-22(4)13-24-26-20(22)28/h5-11,13H,12H2,1-4H3,(H,25,27)(H,26,28)/b16-11+. The summed E-state index contributed by atoms with van der Waals surface area (Å²) in [5.74, 6) is -0.143. The zero-order valence-electron chi connectivity index (χ0n) is 16.5. The van der Waals surface area contributed by atoms with Crippen LogP contribution in [0.1, 0.15) is 50.9 Å². The molecule has 0 saturated heterocycles. The lowest BCUT2D eigenvalue weighted by Gasteiger charge is -2.20. The largest absolute Gasteiger partial charge is 0.321 e. The minimum Gasteiger partial charge on any atom is -0.321 e. The zero-order chi connectivity index (χ0) is 20.5. The number of aromatic nitrogens is 1. The minimum absolute atomic E-state index is 0.0445. The molecule has 28 heavy (non-hydrogen) atoms. The number of nitrogens with zero attached hydrogens (tertiary/aromatic N) is 1. The number of carbonyl (C=O) groups is 1. The minimum atomic E-state index is -0.719. The van der Waals surface area contributed by atoms with Crippen LogP contribution in [0.15, 0.2) is 52.4 Å². The maximum atomic E-state index is 12.1. The summed E-state index contributed by atoms with van der Waals surface area (Å²) in [6.45, 7) is 8.32. The predicted octanol–water partition coefficient (Wildman–Crippen LogP) is 4.27. The average molecular weight is 398 g/mol. The van der Waals surface area contributed by atoms with Crippen molar-refractivity contribution in [1.29, 1.82) is 0 Å². The van der Waals surface area contributed by atoms with Gasteiger partial charge in [-0.2, -0.15) is 5.10 Å². The van der Waals surface area contributed by atoms with E-state index in [-0.39, 0.29) is 21.9 Å². The topological polar surface area (TPSA) is 74.3 Å². The molecule has 2 heterocycles. The van der Waals surface area contributed by atoms with Crippen molar-refractivity contribution in [3.05, 3.63) is 74.7 Å². The van der Waals surface area contributed by atoms with Crippen LogP contribution in [0.5, 0.6) is 0 Å². The lowest BCUT2D eigenvalue weighted by molar-refractivity contribution is -0.125. The Morgan fingerprint density at radius 3 is 2.36 bits per heavy atom. The van der Waals surface area contributed by atoms with Gasteiger partial charge < -0.3 is 4.98 Å². The van der Waals surface area contributed by atoms with E-state index in [9.17, 15) is 9.59 Å². The first-order valence-electron chi connectivity index (χ1n) is 9.15. The fourth-order valence-electron chi connectivity index (χ4n) is 3.03. The number of hydrogen-bond acceptors (Lipinski definition) is 3. The van der Waals surface area contributed by atoms with Crippen LogP contribution in [0.2, 0.25) is 5.02 Å². The summed E-state index contributed by atoms with van der Waals surface area (Å²) >= 11 is 5.89. The summed E-state index contributed by atoms with van der Waals surface area (Å²) in [5.41, 5.74) is 5.11. The van der Waals surface area contributed by atoms with Crippen LogP contribution in [0.3, 0.4) is 0 Å². The summed E-state index contributed by atoms with van der Waals surface area (Å²) in [5, 5.41) is 4.02. The third kappa shape index (κ3) is 4.09. The summed E-state index contributed by atoms with van der Waals surface area (Å²) in [6.07, 6.45) is 4.03. The molecule has 1 aromatic carbocycles. The van der Waals surface area contributed by atoms with Crippen LogP contribution >= 0.6 is 11.6 Å². The van der Waals surface area contributed by atoms with Gasteiger partial charge in [-0.05, 0) is 42.0 Å². The highest BCUT2D eigenvalue weighted by Gasteiger charge is 2.34. The molecule has 0 radical (unpaired) electrons. The number of aromatic amines is 1. The van der Waals surface area contributed by atoms with Crippen molar-refractivity contribution in [1.82, 2.24) is 10.4 Å². The van der Waals surface area contributed by atoms with Crippen LogP contribution in [0, 0.1) is 5.41 Å². The normalized spacial score (nSPS) is 19.8. The molecule has 2 aromatic rings. The second-order valence-electron chi connectivity index (χ2n) is 8.31. The molecule has 1 atom stereocenters. The van der Waals surface area contributed by atoms with Gasteiger partial charge in [0.1, 0.15) is 5.02 Å². The number of rotatable bonds is 4. The molecular weight excluding hydrogens is 374 g/mol. The van der Waals surface area contributed by atoms with Crippen LogP contribution in [-0.4, -0.2) is 17.1 Å². The van der Waals surface area contributed by atoms with E-state index < -0.39 is 5.41 Å². The van der Waals surface area contributed by atoms with Crippen LogP contribution in [0.25, 0.3) is 5.57 Å². The molecule has 146 valence electrons.